The van der Waals surface area contributed by atoms with Gasteiger partial charge in [-0.05, 0) is 19.1 Å². The van der Waals surface area contributed by atoms with Crippen LogP contribution in [0.1, 0.15) is 17.3 Å². The van der Waals surface area contributed by atoms with Crippen LogP contribution in [0.3, 0.4) is 0 Å². The third-order valence-corrected chi connectivity index (χ3v) is 3.64. The Morgan fingerprint density at radius 2 is 2.13 bits per heavy atom. The quantitative estimate of drug-likeness (QED) is 0.567. The lowest BCUT2D eigenvalue weighted by Crippen LogP contribution is -2.04. The van der Waals surface area contributed by atoms with Crippen molar-refractivity contribution in [3.8, 4) is 11.3 Å². The van der Waals surface area contributed by atoms with Gasteiger partial charge in [0, 0.05) is 29.5 Å². The Hall–Kier alpha value is -3.22. The molecule has 4 heterocycles. The molecule has 7 heteroatoms. The van der Waals surface area contributed by atoms with Crippen LogP contribution in [0, 0.1) is 0 Å². The van der Waals surface area contributed by atoms with E-state index in [-0.39, 0.29) is 0 Å². The van der Waals surface area contributed by atoms with E-state index < -0.39 is 5.97 Å². The highest BCUT2D eigenvalue weighted by Crippen LogP contribution is 2.29. The molecule has 114 valence electrons. The largest absolute Gasteiger partial charge is 0.462 e. The van der Waals surface area contributed by atoms with Crippen LogP contribution in [0.5, 0.6) is 0 Å². The lowest BCUT2D eigenvalue weighted by atomic mass is 10.1. The second-order valence-corrected chi connectivity index (χ2v) is 5.01. The number of aromatic nitrogens is 5. The van der Waals surface area contributed by atoms with E-state index in [1.54, 1.807) is 19.3 Å². The number of H-pyrrole nitrogens is 2. The highest BCUT2D eigenvalue weighted by atomic mass is 16.5. The van der Waals surface area contributed by atoms with Crippen molar-refractivity contribution < 1.29 is 9.53 Å². The van der Waals surface area contributed by atoms with Gasteiger partial charge in [-0.3, -0.25) is 0 Å². The summed E-state index contributed by atoms with van der Waals surface area (Å²) in [5.74, 6) is -0.398. The highest BCUT2D eigenvalue weighted by molar-refractivity contribution is 6.08. The number of hydrogen-bond acceptors (Lipinski definition) is 5. The first-order chi connectivity index (χ1) is 11.3. The Bertz CT molecular complexity index is 1020. The summed E-state index contributed by atoms with van der Waals surface area (Å²) in [5, 5.41) is 1.62. The lowest BCUT2D eigenvalue weighted by molar-refractivity contribution is 0.0528. The summed E-state index contributed by atoms with van der Waals surface area (Å²) in [6.45, 7) is 2.08. The second-order valence-electron chi connectivity index (χ2n) is 5.01. The molecular formula is C16H13N5O2. The molecule has 0 bridgehead atoms. The molecule has 2 N–H and O–H groups in total. The maximum atomic E-state index is 12.2. The van der Waals surface area contributed by atoms with Crippen molar-refractivity contribution >= 4 is 28.0 Å². The van der Waals surface area contributed by atoms with Crippen LogP contribution in [0.15, 0.2) is 37.1 Å². The van der Waals surface area contributed by atoms with E-state index in [4.69, 9.17) is 4.74 Å². The predicted molar refractivity (Wildman–Crippen MR) is 84.9 cm³/mol. The van der Waals surface area contributed by atoms with Crippen molar-refractivity contribution in [2.24, 2.45) is 0 Å². The maximum absolute atomic E-state index is 12.2. The number of rotatable bonds is 3. The van der Waals surface area contributed by atoms with Gasteiger partial charge in [0.1, 0.15) is 17.6 Å². The molecule has 23 heavy (non-hydrogen) atoms. The summed E-state index contributed by atoms with van der Waals surface area (Å²) < 4.78 is 5.11. The maximum Gasteiger partial charge on any atom is 0.340 e. The first-order valence-corrected chi connectivity index (χ1v) is 7.20. The molecule has 0 aliphatic rings. The van der Waals surface area contributed by atoms with E-state index in [0.717, 1.165) is 16.6 Å². The average Bonchev–Trinajstić information content (AvgIpc) is 3.20. The van der Waals surface area contributed by atoms with Gasteiger partial charge in [-0.15, -0.1) is 0 Å². The molecule has 7 nitrogen and oxygen atoms in total. The van der Waals surface area contributed by atoms with Crippen molar-refractivity contribution in [2.75, 3.05) is 6.61 Å². The van der Waals surface area contributed by atoms with Crippen molar-refractivity contribution in [3.05, 3.63) is 42.6 Å². The standard InChI is InChI=1S/C16H13N5O2/c1-2-23-16(22)11-7-19-15-12(11)13(20-8-21-15)10-5-9-3-4-17-14(9)18-6-10/h3-8H,2H2,1H3,(H,17,18)(H,19,20,21). The van der Waals surface area contributed by atoms with Gasteiger partial charge in [0.15, 0.2) is 0 Å². The van der Waals surface area contributed by atoms with Gasteiger partial charge in [0.2, 0.25) is 0 Å². The van der Waals surface area contributed by atoms with Crippen LogP contribution in [0.4, 0.5) is 0 Å². The first-order valence-electron chi connectivity index (χ1n) is 7.20. The average molecular weight is 307 g/mol. The molecule has 0 radical (unpaired) electrons. The number of esters is 1. The second kappa shape index (κ2) is 5.20. The molecule has 0 amide bonds. The smallest absolute Gasteiger partial charge is 0.340 e. The first kappa shape index (κ1) is 13.4. The van der Waals surface area contributed by atoms with Crippen LogP contribution < -0.4 is 0 Å². The summed E-state index contributed by atoms with van der Waals surface area (Å²) in [4.78, 5) is 31.1. The molecule has 0 saturated heterocycles. The number of carbonyl (C=O) groups is 1. The number of fused-ring (bicyclic) bond motifs is 2. The summed E-state index contributed by atoms with van der Waals surface area (Å²) in [7, 11) is 0. The number of nitrogens with one attached hydrogen (secondary N) is 2. The zero-order chi connectivity index (χ0) is 15.8. The van der Waals surface area contributed by atoms with Gasteiger partial charge >= 0.3 is 5.97 Å². The Morgan fingerprint density at radius 3 is 3.00 bits per heavy atom. The van der Waals surface area contributed by atoms with Crippen LogP contribution in [-0.4, -0.2) is 37.5 Å². The topological polar surface area (TPSA) is 96.6 Å². The van der Waals surface area contributed by atoms with Crippen LogP contribution in [0.25, 0.3) is 33.3 Å². The van der Waals surface area contributed by atoms with Crippen LogP contribution in [0.2, 0.25) is 0 Å². The van der Waals surface area contributed by atoms with E-state index in [1.165, 1.54) is 6.33 Å². The number of hydrogen-bond donors (Lipinski definition) is 2. The zero-order valence-corrected chi connectivity index (χ0v) is 12.3. The van der Waals surface area contributed by atoms with E-state index in [9.17, 15) is 4.79 Å². The van der Waals surface area contributed by atoms with Gasteiger partial charge in [-0.1, -0.05) is 0 Å². The van der Waals surface area contributed by atoms with Crippen molar-refractivity contribution in [1.82, 2.24) is 24.9 Å². The molecule has 0 atom stereocenters. The summed E-state index contributed by atoms with van der Waals surface area (Å²) >= 11 is 0. The zero-order valence-electron chi connectivity index (χ0n) is 12.3. The van der Waals surface area contributed by atoms with E-state index >= 15 is 0 Å². The Labute approximate surface area is 130 Å². The predicted octanol–water partition coefficient (Wildman–Crippen LogP) is 2.68. The molecule has 0 saturated carbocycles. The van der Waals surface area contributed by atoms with Gasteiger partial charge in [0.05, 0.1) is 23.3 Å². The van der Waals surface area contributed by atoms with E-state index in [2.05, 4.69) is 24.9 Å². The molecule has 0 unspecified atom stereocenters. The van der Waals surface area contributed by atoms with Crippen molar-refractivity contribution in [3.63, 3.8) is 0 Å². The molecule has 4 aromatic heterocycles. The molecule has 0 fully saturated rings. The fraction of sp³-hybridized carbons (Fsp3) is 0.125. The number of pyridine rings is 1. The Morgan fingerprint density at radius 1 is 1.22 bits per heavy atom. The van der Waals surface area contributed by atoms with Crippen molar-refractivity contribution in [1.29, 1.82) is 0 Å². The van der Waals surface area contributed by atoms with Gasteiger partial charge in [-0.2, -0.15) is 0 Å². The number of ether oxygens (including phenoxy) is 1. The highest BCUT2D eigenvalue weighted by Gasteiger charge is 2.19. The van der Waals surface area contributed by atoms with Crippen molar-refractivity contribution in [2.45, 2.75) is 6.92 Å². The molecule has 4 rings (SSSR count). The molecule has 0 aliphatic heterocycles. The Balaban J connectivity index is 1.95. The number of aromatic amines is 2. The fourth-order valence-electron chi connectivity index (χ4n) is 2.62. The number of carbonyl (C=O) groups excluding carboxylic acids is 1. The Kier molecular flexibility index (Phi) is 3.04. The van der Waals surface area contributed by atoms with Crippen LogP contribution in [-0.2, 0) is 4.74 Å². The summed E-state index contributed by atoms with van der Waals surface area (Å²) in [6.07, 6.45) is 6.62. The summed E-state index contributed by atoms with van der Waals surface area (Å²) in [6, 6.07) is 3.91. The van der Waals surface area contributed by atoms with E-state index in [0.29, 0.717) is 28.9 Å². The third-order valence-electron chi connectivity index (χ3n) is 3.64. The monoisotopic (exact) mass is 307 g/mol. The summed E-state index contributed by atoms with van der Waals surface area (Å²) in [5.41, 5.74) is 3.28. The lowest BCUT2D eigenvalue weighted by Gasteiger charge is -2.05. The minimum Gasteiger partial charge on any atom is -0.462 e. The molecule has 0 aliphatic carbocycles. The van der Waals surface area contributed by atoms with Gasteiger partial charge in [-0.25, -0.2) is 19.7 Å². The van der Waals surface area contributed by atoms with Gasteiger partial charge in [0.25, 0.3) is 0 Å². The van der Waals surface area contributed by atoms with E-state index in [1.807, 2.05) is 18.3 Å². The third kappa shape index (κ3) is 2.13. The minimum atomic E-state index is -0.398. The van der Waals surface area contributed by atoms with Gasteiger partial charge < -0.3 is 14.7 Å². The normalized spacial score (nSPS) is 11.2. The fourth-order valence-corrected chi connectivity index (χ4v) is 2.62. The minimum absolute atomic E-state index is 0.311. The number of nitrogens with zero attached hydrogens (tertiary/aromatic N) is 3. The molecular weight excluding hydrogens is 294 g/mol. The molecule has 0 aromatic carbocycles. The molecule has 4 aromatic rings. The molecule has 0 spiro atoms. The SMILES string of the molecule is CCOC(=O)c1c[nH]c2ncnc(-c3cnc4[nH]ccc4c3)c12. The van der Waals surface area contributed by atoms with Crippen LogP contribution >= 0.6 is 0 Å².